The highest BCUT2D eigenvalue weighted by Gasteiger charge is 2.54. The van der Waals surface area contributed by atoms with Gasteiger partial charge in [0.15, 0.2) is 22.6 Å². The van der Waals surface area contributed by atoms with Gasteiger partial charge in [-0.2, -0.15) is 0 Å². The highest BCUT2D eigenvalue weighted by Crippen LogP contribution is 2.41. The maximum atomic E-state index is 13.2. The summed E-state index contributed by atoms with van der Waals surface area (Å²) in [5, 5.41) is 31.3. The number of nitrogens with two attached hydrogens (primary N) is 2. The van der Waals surface area contributed by atoms with E-state index >= 15 is 0 Å². The molecule has 0 saturated carbocycles. The van der Waals surface area contributed by atoms with E-state index in [0.29, 0.717) is 27.3 Å². The van der Waals surface area contributed by atoms with E-state index in [2.05, 4.69) is 36.0 Å². The van der Waals surface area contributed by atoms with Crippen LogP contribution in [-0.4, -0.2) is 86.6 Å². The van der Waals surface area contributed by atoms with E-state index in [-0.39, 0.29) is 34.6 Å². The fraction of sp³-hybridized carbons (Fsp3) is 0.316. The Morgan fingerprint density at radius 1 is 1.28 bits per heavy atom. The zero-order valence-corrected chi connectivity index (χ0v) is 23.1. The number of thioether (sulfide) groups is 2. The topological polar surface area (TPSA) is 230 Å². The van der Waals surface area contributed by atoms with E-state index in [4.69, 9.17) is 16.3 Å². The van der Waals surface area contributed by atoms with Crippen LogP contribution in [0.25, 0.3) is 0 Å². The van der Waals surface area contributed by atoms with Crippen molar-refractivity contribution in [3.8, 4) is 0 Å². The number of carbonyl (C=O) groups is 3. The number of anilines is 2. The summed E-state index contributed by atoms with van der Waals surface area (Å²) in [4.78, 5) is 53.1. The number of nitrogens with zero attached hydrogens (tertiary/aromatic N) is 8. The van der Waals surface area contributed by atoms with Crippen molar-refractivity contribution in [1.29, 1.82) is 0 Å². The molecule has 3 aromatic rings. The lowest BCUT2D eigenvalue weighted by molar-refractivity contribution is -0.150. The molecule has 0 bridgehead atoms. The van der Waals surface area contributed by atoms with E-state index in [9.17, 15) is 19.5 Å². The number of carboxylic acids is 1. The van der Waals surface area contributed by atoms with Crippen molar-refractivity contribution in [2.75, 3.05) is 23.0 Å². The van der Waals surface area contributed by atoms with Crippen LogP contribution in [0.1, 0.15) is 11.4 Å². The zero-order chi connectivity index (χ0) is 27.7. The van der Waals surface area contributed by atoms with Crippen molar-refractivity contribution in [3.63, 3.8) is 0 Å². The van der Waals surface area contributed by atoms with Crippen LogP contribution in [-0.2, 0) is 32.9 Å². The summed E-state index contributed by atoms with van der Waals surface area (Å²) < 4.78 is 1.47. The number of carboxylic acid groups (broad SMARTS) is 1. The van der Waals surface area contributed by atoms with Crippen molar-refractivity contribution in [2.45, 2.75) is 23.2 Å². The van der Waals surface area contributed by atoms with E-state index in [0.717, 1.165) is 11.3 Å². The number of nitrogens with one attached hydrogen (secondary N) is 1. The van der Waals surface area contributed by atoms with Crippen molar-refractivity contribution in [3.05, 3.63) is 33.4 Å². The first kappa shape index (κ1) is 26.8. The maximum Gasteiger partial charge on any atom is 0.352 e. The van der Waals surface area contributed by atoms with Crippen LogP contribution in [0.5, 0.6) is 0 Å². The number of thiazole rings is 2. The van der Waals surface area contributed by atoms with Gasteiger partial charge in [0.1, 0.15) is 22.8 Å². The molecule has 3 aromatic heterocycles. The number of oxime groups is 1. The fourth-order valence-corrected chi connectivity index (χ4v) is 7.08. The van der Waals surface area contributed by atoms with Crippen molar-refractivity contribution in [2.24, 2.45) is 12.2 Å². The number of aliphatic carboxylic acids is 1. The van der Waals surface area contributed by atoms with Crippen LogP contribution >= 0.6 is 46.2 Å². The molecular formula is C19H19N11O5S4. The lowest BCUT2D eigenvalue weighted by atomic mass is 10.0. The van der Waals surface area contributed by atoms with Crippen LogP contribution in [0.15, 0.2) is 32.3 Å². The predicted molar refractivity (Wildman–Crippen MR) is 144 cm³/mol. The normalized spacial score (nSPS) is 19.1. The summed E-state index contributed by atoms with van der Waals surface area (Å²) in [6, 6.07) is -0.978. The SMILES string of the molecule is Cn1nnnc1SCC1=C(C(=O)O)N2C(=O)C(NC(=O)/C(=N\OCc3csc(N)n3)c3csc(N)n3)[C@@H]2SC1. The Morgan fingerprint density at radius 3 is 2.69 bits per heavy atom. The van der Waals surface area contributed by atoms with Gasteiger partial charge in [0.25, 0.3) is 11.8 Å². The second-order valence-corrected chi connectivity index (χ2v) is 11.8. The van der Waals surface area contributed by atoms with Gasteiger partial charge < -0.3 is 26.7 Å². The minimum atomic E-state index is -1.23. The molecular weight excluding hydrogens is 591 g/mol. The summed E-state index contributed by atoms with van der Waals surface area (Å²) in [7, 11) is 1.67. The molecule has 0 aromatic carbocycles. The first-order chi connectivity index (χ1) is 18.7. The first-order valence-corrected chi connectivity index (χ1v) is 14.7. The molecule has 2 amide bonds. The number of hydrogen-bond acceptors (Lipinski definition) is 16. The molecule has 2 aliphatic rings. The number of fused-ring (bicyclic) bond motifs is 1. The Morgan fingerprint density at radius 2 is 2.05 bits per heavy atom. The van der Waals surface area contributed by atoms with E-state index in [1.54, 1.807) is 12.4 Å². The van der Waals surface area contributed by atoms with Gasteiger partial charge in [0.05, 0.1) is 5.69 Å². The molecule has 1 fully saturated rings. The minimum absolute atomic E-state index is 0.0450. The van der Waals surface area contributed by atoms with Crippen LogP contribution in [0.4, 0.5) is 10.3 Å². The number of nitrogen functional groups attached to an aromatic ring is 2. The van der Waals surface area contributed by atoms with Gasteiger partial charge in [-0.15, -0.1) is 39.5 Å². The van der Waals surface area contributed by atoms with Crippen LogP contribution in [0.2, 0.25) is 0 Å². The molecule has 20 heteroatoms. The monoisotopic (exact) mass is 609 g/mol. The Balaban J connectivity index is 1.30. The Kier molecular flexibility index (Phi) is 7.68. The third kappa shape index (κ3) is 5.53. The Labute approximate surface area is 235 Å². The molecule has 0 spiro atoms. The largest absolute Gasteiger partial charge is 0.477 e. The van der Waals surface area contributed by atoms with E-state index < -0.39 is 29.2 Å². The van der Waals surface area contributed by atoms with Crippen molar-refractivity contribution in [1.82, 2.24) is 40.4 Å². The summed E-state index contributed by atoms with van der Waals surface area (Å²) in [6.45, 7) is -0.0450. The average Bonchev–Trinajstić information content (AvgIpc) is 3.64. The number of aryl methyl sites for hydroxylation is 1. The van der Waals surface area contributed by atoms with Gasteiger partial charge in [-0.05, 0) is 16.0 Å². The molecule has 1 unspecified atom stereocenters. The molecule has 39 heavy (non-hydrogen) atoms. The minimum Gasteiger partial charge on any atom is -0.477 e. The zero-order valence-electron chi connectivity index (χ0n) is 19.9. The summed E-state index contributed by atoms with van der Waals surface area (Å²) >= 11 is 4.94. The number of β-lactam (4-membered cyclic amide) rings is 1. The van der Waals surface area contributed by atoms with Crippen LogP contribution < -0.4 is 16.8 Å². The quantitative estimate of drug-likeness (QED) is 0.100. The number of tetrazole rings is 1. The molecule has 2 atom stereocenters. The van der Waals surface area contributed by atoms with Gasteiger partial charge in [-0.3, -0.25) is 14.5 Å². The van der Waals surface area contributed by atoms with E-state index in [1.165, 1.54) is 49.8 Å². The summed E-state index contributed by atoms with van der Waals surface area (Å²) in [6.07, 6.45) is 0. The molecule has 5 heterocycles. The number of rotatable bonds is 10. The smallest absolute Gasteiger partial charge is 0.352 e. The Hall–Kier alpha value is -3.75. The average molecular weight is 610 g/mol. The second-order valence-electron chi connectivity index (χ2n) is 7.95. The fourth-order valence-electron chi connectivity index (χ4n) is 3.65. The number of hydrogen-bond donors (Lipinski definition) is 4. The molecule has 6 N–H and O–H groups in total. The molecule has 0 aliphatic carbocycles. The van der Waals surface area contributed by atoms with Crippen LogP contribution in [0, 0.1) is 0 Å². The molecule has 204 valence electrons. The number of aromatic nitrogens is 6. The van der Waals surface area contributed by atoms with Gasteiger partial charge in [-0.25, -0.2) is 19.4 Å². The van der Waals surface area contributed by atoms with Crippen molar-refractivity contribution < 1.29 is 24.3 Å². The third-order valence-corrected chi connectivity index (χ3v) is 9.24. The molecule has 1 saturated heterocycles. The molecule has 2 aliphatic heterocycles. The lowest BCUT2D eigenvalue weighted by Gasteiger charge is -2.49. The van der Waals surface area contributed by atoms with Gasteiger partial charge in [0.2, 0.25) is 5.16 Å². The summed E-state index contributed by atoms with van der Waals surface area (Å²) in [5.41, 5.74) is 12.3. The van der Waals surface area contributed by atoms with Crippen LogP contribution in [0.3, 0.4) is 0 Å². The van der Waals surface area contributed by atoms with Gasteiger partial charge in [-0.1, -0.05) is 16.9 Å². The van der Waals surface area contributed by atoms with Crippen molar-refractivity contribution >= 4 is 80.0 Å². The van der Waals surface area contributed by atoms with E-state index in [1.807, 2.05) is 0 Å². The highest BCUT2D eigenvalue weighted by atomic mass is 32.2. The summed E-state index contributed by atoms with van der Waals surface area (Å²) in [5.74, 6) is -1.91. The third-order valence-electron chi connectivity index (χ3n) is 5.41. The highest BCUT2D eigenvalue weighted by molar-refractivity contribution is 8.01. The standard InChI is InChI=1S/C19H19N11O5S4/c1-29-19(25-27-28-29)39-4-7-3-36-15-11(14(32)30(15)12(7)16(33)34)24-13(31)10(9-6-38-18(21)23-9)26-35-2-8-5-37-17(20)22-8/h5-6,11,15H,2-4H2,1H3,(H2,20,22)(H2,21,23)(H,24,31)(H,33,34)/b26-10-/t11?,15-/m0/s1. The maximum absolute atomic E-state index is 13.2. The molecule has 16 nitrogen and oxygen atoms in total. The Bertz CT molecular complexity index is 1500. The predicted octanol–water partition coefficient (Wildman–Crippen LogP) is -0.261. The van der Waals surface area contributed by atoms with Gasteiger partial charge in [0, 0.05) is 29.3 Å². The number of amides is 2. The lowest BCUT2D eigenvalue weighted by Crippen LogP contribution is -2.71. The first-order valence-electron chi connectivity index (χ1n) is 10.9. The second kappa shape index (κ2) is 11.2. The van der Waals surface area contributed by atoms with Gasteiger partial charge >= 0.3 is 5.97 Å². The molecule has 5 rings (SSSR count). The molecule has 0 radical (unpaired) electrons. The number of carbonyl (C=O) groups excluding carboxylic acids is 2.